The number of fused-ring (bicyclic) bond motifs is 2. The van der Waals surface area contributed by atoms with Crippen molar-refractivity contribution in [3.63, 3.8) is 0 Å². The number of nitrogens with one attached hydrogen (secondary N) is 1. The maximum Gasteiger partial charge on any atom is 0.297 e. The Hall–Kier alpha value is -2.32. The van der Waals surface area contributed by atoms with Gasteiger partial charge in [-0.1, -0.05) is 12.1 Å². The van der Waals surface area contributed by atoms with E-state index in [9.17, 15) is 18.5 Å². The standard InChI is InChI=1S/C12H7ClN2O5S/c13-21(18,19)7-5-9(15(16)17)12-11(6-7)20-10-4-2-1-3-8(10)14-12/h1-6,14H. The normalized spacial score (nSPS) is 12.6. The summed E-state index contributed by atoms with van der Waals surface area (Å²) < 4.78 is 28.3. The van der Waals surface area contributed by atoms with Gasteiger partial charge >= 0.3 is 0 Å². The Morgan fingerprint density at radius 2 is 1.90 bits per heavy atom. The quantitative estimate of drug-likeness (QED) is 0.440. The van der Waals surface area contributed by atoms with Gasteiger partial charge in [0.25, 0.3) is 14.7 Å². The van der Waals surface area contributed by atoms with Crippen LogP contribution in [0.25, 0.3) is 0 Å². The van der Waals surface area contributed by atoms with E-state index in [1.807, 2.05) is 0 Å². The molecule has 1 aliphatic rings. The average Bonchev–Trinajstić information content (AvgIpc) is 2.42. The number of halogens is 1. The van der Waals surface area contributed by atoms with Crippen molar-refractivity contribution in [2.75, 3.05) is 5.32 Å². The summed E-state index contributed by atoms with van der Waals surface area (Å²) in [6.07, 6.45) is 0. The fraction of sp³-hybridized carbons (Fsp3) is 0. The molecule has 0 bridgehead atoms. The molecule has 0 spiro atoms. The first-order valence-electron chi connectivity index (χ1n) is 5.67. The predicted molar refractivity (Wildman–Crippen MR) is 75.9 cm³/mol. The lowest BCUT2D eigenvalue weighted by Gasteiger charge is -2.21. The smallest absolute Gasteiger partial charge is 0.297 e. The molecule has 21 heavy (non-hydrogen) atoms. The molecular formula is C12H7ClN2O5S. The van der Waals surface area contributed by atoms with Crippen LogP contribution in [0.15, 0.2) is 41.3 Å². The highest BCUT2D eigenvalue weighted by Gasteiger charge is 2.28. The third-order valence-electron chi connectivity index (χ3n) is 2.90. The Morgan fingerprint density at radius 1 is 1.19 bits per heavy atom. The van der Waals surface area contributed by atoms with Crippen molar-refractivity contribution < 1.29 is 18.1 Å². The van der Waals surface area contributed by atoms with E-state index in [0.717, 1.165) is 12.1 Å². The van der Waals surface area contributed by atoms with Crippen molar-refractivity contribution in [2.45, 2.75) is 4.90 Å². The van der Waals surface area contributed by atoms with Crippen molar-refractivity contribution in [3.8, 4) is 11.5 Å². The van der Waals surface area contributed by atoms with E-state index in [1.54, 1.807) is 24.3 Å². The van der Waals surface area contributed by atoms with E-state index in [2.05, 4.69) is 5.32 Å². The topological polar surface area (TPSA) is 98.5 Å². The number of nitro benzene ring substituents is 1. The summed E-state index contributed by atoms with van der Waals surface area (Å²) in [4.78, 5) is 10.0. The lowest BCUT2D eigenvalue weighted by atomic mass is 10.2. The second kappa shape index (κ2) is 4.61. The fourth-order valence-electron chi connectivity index (χ4n) is 1.98. The van der Waals surface area contributed by atoms with Gasteiger partial charge in [-0.05, 0) is 12.1 Å². The zero-order valence-corrected chi connectivity index (χ0v) is 11.8. The van der Waals surface area contributed by atoms with Crippen LogP contribution in [-0.4, -0.2) is 13.3 Å². The number of anilines is 2. The first-order valence-corrected chi connectivity index (χ1v) is 7.98. The highest BCUT2D eigenvalue weighted by atomic mass is 35.7. The first kappa shape index (κ1) is 13.7. The molecule has 3 rings (SSSR count). The molecule has 0 saturated heterocycles. The molecule has 7 nitrogen and oxygen atoms in total. The monoisotopic (exact) mass is 326 g/mol. The number of hydrogen-bond donors (Lipinski definition) is 1. The molecule has 0 aromatic heterocycles. The van der Waals surface area contributed by atoms with Gasteiger partial charge in [0.05, 0.1) is 15.5 Å². The van der Waals surface area contributed by atoms with Crippen molar-refractivity contribution in [3.05, 3.63) is 46.5 Å². The molecule has 2 aromatic rings. The Balaban J connectivity index is 2.23. The average molecular weight is 327 g/mol. The van der Waals surface area contributed by atoms with Crippen molar-refractivity contribution in [1.82, 2.24) is 0 Å². The van der Waals surface area contributed by atoms with Crippen LogP contribution < -0.4 is 10.1 Å². The Bertz CT molecular complexity index is 866. The van der Waals surface area contributed by atoms with E-state index in [1.165, 1.54) is 0 Å². The van der Waals surface area contributed by atoms with Gasteiger partial charge in [0.15, 0.2) is 17.2 Å². The molecule has 0 fully saturated rings. The second-order valence-corrected chi connectivity index (χ2v) is 6.80. The SMILES string of the molecule is O=[N+]([O-])c1cc(S(=O)(=O)Cl)cc2c1Nc1ccccc1O2. The fourth-order valence-corrected chi connectivity index (χ4v) is 2.75. The lowest BCUT2D eigenvalue weighted by molar-refractivity contribution is -0.384. The zero-order chi connectivity index (χ0) is 15.2. The summed E-state index contributed by atoms with van der Waals surface area (Å²) in [7, 11) is 1.14. The van der Waals surface area contributed by atoms with Crippen LogP contribution in [0.5, 0.6) is 11.5 Å². The maximum atomic E-state index is 11.4. The number of benzene rings is 2. The van der Waals surface area contributed by atoms with Crippen molar-refractivity contribution in [1.29, 1.82) is 0 Å². The third-order valence-corrected chi connectivity index (χ3v) is 4.23. The van der Waals surface area contributed by atoms with Gasteiger partial charge < -0.3 is 10.1 Å². The number of rotatable bonds is 2. The minimum atomic E-state index is -4.11. The zero-order valence-electron chi connectivity index (χ0n) is 10.2. The number of nitro groups is 1. The van der Waals surface area contributed by atoms with Crippen LogP contribution in [0.3, 0.4) is 0 Å². The van der Waals surface area contributed by atoms with Crippen molar-refractivity contribution >= 4 is 36.8 Å². The summed E-state index contributed by atoms with van der Waals surface area (Å²) in [5, 5.41) is 14.0. The molecule has 0 radical (unpaired) electrons. The van der Waals surface area contributed by atoms with Crippen LogP contribution in [0.2, 0.25) is 0 Å². The van der Waals surface area contributed by atoms with E-state index in [4.69, 9.17) is 15.4 Å². The van der Waals surface area contributed by atoms with Crippen LogP contribution in [0.1, 0.15) is 0 Å². The van der Waals surface area contributed by atoms with E-state index in [-0.39, 0.29) is 11.4 Å². The van der Waals surface area contributed by atoms with E-state index >= 15 is 0 Å². The summed E-state index contributed by atoms with van der Waals surface area (Å²) in [6, 6.07) is 8.85. The highest BCUT2D eigenvalue weighted by molar-refractivity contribution is 8.13. The van der Waals surface area contributed by atoms with Crippen molar-refractivity contribution in [2.24, 2.45) is 0 Å². The molecule has 2 aromatic carbocycles. The summed E-state index contributed by atoms with van der Waals surface area (Å²) in [5.74, 6) is 0.463. The van der Waals surface area contributed by atoms with Gasteiger partial charge in [-0.25, -0.2) is 8.42 Å². The molecule has 1 heterocycles. The van der Waals surface area contributed by atoms with Crippen LogP contribution in [0.4, 0.5) is 17.1 Å². The summed E-state index contributed by atoms with van der Waals surface area (Å²) in [5.41, 5.74) is 0.207. The van der Waals surface area contributed by atoms with Crippen LogP contribution in [-0.2, 0) is 9.05 Å². The molecule has 0 amide bonds. The van der Waals surface area contributed by atoms with Gasteiger partial charge in [0.2, 0.25) is 0 Å². The molecular weight excluding hydrogens is 320 g/mol. The molecule has 0 atom stereocenters. The number of hydrogen-bond acceptors (Lipinski definition) is 6. The van der Waals surface area contributed by atoms with Gasteiger partial charge in [0.1, 0.15) is 0 Å². The molecule has 1 aliphatic heterocycles. The molecule has 108 valence electrons. The summed E-state index contributed by atoms with van der Waals surface area (Å²) >= 11 is 0. The minimum absolute atomic E-state index is 0.0297. The van der Waals surface area contributed by atoms with Crippen LogP contribution in [0, 0.1) is 10.1 Å². The van der Waals surface area contributed by atoms with E-state index < -0.39 is 24.6 Å². The second-order valence-electron chi connectivity index (χ2n) is 4.23. The van der Waals surface area contributed by atoms with Gasteiger partial charge in [-0.3, -0.25) is 10.1 Å². The lowest BCUT2D eigenvalue weighted by Crippen LogP contribution is -2.07. The molecule has 1 N–H and O–H groups in total. The molecule has 0 saturated carbocycles. The number of para-hydroxylation sites is 2. The minimum Gasteiger partial charge on any atom is -0.453 e. The maximum absolute atomic E-state index is 11.4. The highest BCUT2D eigenvalue weighted by Crippen LogP contribution is 2.47. The first-order chi connectivity index (χ1) is 9.86. The molecule has 9 heteroatoms. The van der Waals surface area contributed by atoms with Gasteiger partial charge in [-0.15, -0.1) is 0 Å². The Labute approximate surface area is 123 Å². The number of ether oxygens (including phenoxy) is 1. The summed E-state index contributed by atoms with van der Waals surface area (Å²) in [6.45, 7) is 0. The Kier molecular flexibility index (Phi) is 2.99. The Morgan fingerprint density at radius 3 is 2.57 bits per heavy atom. The van der Waals surface area contributed by atoms with E-state index in [0.29, 0.717) is 11.4 Å². The largest absolute Gasteiger partial charge is 0.453 e. The van der Waals surface area contributed by atoms with Gasteiger partial charge in [0, 0.05) is 22.8 Å². The number of nitrogens with zero attached hydrogens (tertiary/aromatic N) is 1. The molecule has 0 aliphatic carbocycles. The van der Waals surface area contributed by atoms with Gasteiger partial charge in [-0.2, -0.15) is 0 Å². The third kappa shape index (κ3) is 2.39. The molecule has 0 unspecified atom stereocenters. The van der Waals surface area contributed by atoms with Crippen LogP contribution >= 0.6 is 10.7 Å². The predicted octanol–water partition coefficient (Wildman–Crippen LogP) is 3.37.